The van der Waals surface area contributed by atoms with Crippen LogP contribution in [-0.4, -0.2) is 44.8 Å². The first-order valence-corrected chi connectivity index (χ1v) is 8.75. The van der Waals surface area contributed by atoms with Gasteiger partial charge in [0.15, 0.2) is 0 Å². The van der Waals surface area contributed by atoms with E-state index in [1.54, 1.807) is 6.20 Å². The summed E-state index contributed by atoms with van der Waals surface area (Å²) in [4.78, 5) is 36.6. The number of aromatic nitrogens is 3. The van der Waals surface area contributed by atoms with E-state index in [4.69, 9.17) is 0 Å². The number of para-hydroxylation sites is 1. The molecule has 3 N–H and O–H groups in total. The molecule has 0 saturated carbocycles. The van der Waals surface area contributed by atoms with Crippen molar-refractivity contribution in [1.82, 2.24) is 25.2 Å². The molecule has 2 aromatic heterocycles. The lowest BCUT2D eigenvalue weighted by atomic mass is 10.1. The summed E-state index contributed by atoms with van der Waals surface area (Å²) >= 11 is 0. The highest BCUT2D eigenvalue weighted by Crippen LogP contribution is 2.27. The smallest absolute Gasteiger partial charge is 0.270 e. The van der Waals surface area contributed by atoms with E-state index in [0.29, 0.717) is 25.3 Å². The maximum atomic E-state index is 12.8. The summed E-state index contributed by atoms with van der Waals surface area (Å²) in [6.45, 7) is 3.27. The first-order chi connectivity index (χ1) is 12.6. The highest BCUT2D eigenvalue weighted by Gasteiger charge is 2.30. The van der Waals surface area contributed by atoms with Gasteiger partial charge in [0.25, 0.3) is 5.91 Å². The Bertz CT molecular complexity index is 925. The van der Waals surface area contributed by atoms with Gasteiger partial charge in [0.1, 0.15) is 11.5 Å². The zero-order valence-corrected chi connectivity index (χ0v) is 14.6. The number of carbonyl (C=O) groups is 2. The Labute approximate surface area is 150 Å². The number of fused-ring (bicyclic) bond motifs is 1. The minimum atomic E-state index is -0.0721. The molecule has 2 amide bonds. The van der Waals surface area contributed by atoms with E-state index in [0.717, 1.165) is 28.8 Å². The Morgan fingerprint density at radius 3 is 2.96 bits per heavy atom. The lowest BCUT2D eigenvalue weighted by molar-refractivity contribution is -0.119. The molecule has 134 valence electrons. The molecule has 1 unspecified atom stereocenters. The molecule has 0 spiro atoms. The number of likely N-dealkylation sites (tertiary alicyclic amines) is 1. The van der Waals surface area contributed by atoms with Gasteiger partial charge in [-0.2, -0.15) is 0 Å². The number of benzene rings is 1. The van der Waals surface area contributed by atoms with Crippen molar-refractivity contribution in [3.05, 3.63) is 53.7 Å². The first-order valence-electron chi connectivity index (χ1n) is 8.75. The summed E-state index contributed by atoms with van der Waals surface area (Å²) in [5, 5.41) is 3.79. The van der Waals surface area contributed by atoms with Crippen LogP contribution in [0.5, 0.6) is 0 Å². The van der Waals surface area contributed by atoms with E-state index >= 15 is 0 Å². The Morgan fingerprint density at radius 2 is 2.15 bits per heavy atom. The van der Waals surface area contributed by atoms with Crippen LogP contribution in [0, 0.1) is 0 Å². The monoisotopic (exact) mass is 351 g/mol. The van der Waals surface area contributed by atoms with Crippen LogP contribution in [0.15, 0.2) is 36.5 Å². The molecule has 1 atom stereocenters. The second-order valence-corrected chi connectivity index (χ2v) is 6.71. The summed E-state index contributed by atoms with van der Waals surface area (Å²) in [5.74, 6) is 1.01. The minimum absolute atomic E-state index is 0.0220. The second-order valence-electron chi connectivity index (χ2n) is 6.71. The molecule has 1 aromatic carbocycles. The third kappa shape index (κ3) is 3.20. The third-order valence-electron chi connectivity index (χ3n) is 4.80. The number of carbonyl (C=O) groups excluding carboxylic acids is 2. The van der Waals surface area contributed by atoms with E-state index in [9.17, 15) is 9.59 Å². The van der Waals surface area contributed by atoms with Crippen LogP contribution in [0.3, 0.4) is 0 Å². The Morgan fingerprint density at radius 1 is 1.31 bits per heavy atom. The topological polar surface area (TPSA) is 93.9 Å². The van der Waals surface area contributed by atoms with E-state index in [2.05, 4.69) is 20.3 Å². The molecule has 1 saturated heterocycles. The van der Waals surface area contributed by atoms with E-state index in [-0.39, 0.29) is 17.7 Å². The number of amides is 2. The number of rotatable bonds is 4. The van der Waals surface area contributed by atoms with Gasteiger partial charge in [0.2, 0.25) is 5.91 Å². The van der Waals surface area contributed by atoms with Crippen molar-refractivity contribution in [1.29, 1.82) is 0 Å². The van der Waals surface area contributed by atoms with Crippen LogP contribution in [0.2, 0.25) is 0 Å². The van der Waals surface area contributed by atoms with Crippen molar-refractivity contribution < 1.29 is 9.59 Å². The van der Waals surface area contributed by atoms with Crippen molar-refractivity contribution in [2.24, 2.45) is 0 Å². The van der Waals surface area contributed by atoms with Gasteiger partial charge in [-0.05, 0) is 18.6 Å². The largest absolute Gasteiger partial charge is 0.351 e. The average Bonchev–Trinajstić information content (AvgIpc) is 3.37. The maximum absolute atomic E-state index is 12.8. The fraction of sp³-hybridized carbons (Fsp3) is 0.316. The third-order valence-corrected chi connectivity index (χ3v) is 4.80. The molecule has 3 aromatic rings. The van der Waals surface area contributed by atoms with Crippen LogP contribution in [-0.2, 0) is 11.3 Å². The molecule has 3 heterocycles. The first kappa shape index (κ1) is 16.4. The molecule has 0 aliphatic carbocycles. The molecule has 0 radical (unpaired) electrons. The Hall–Kier alpha value is -3.09. The molecule has 0 bridgehead atoms. The molecule has 7 heteroatoms. The number of hydrogen-bond donors (Lipinski definition) is 3. The molecule has 26 heavy (non-hydrogen) atoms. The van der Waals surface area contributed by atoms with Crippen LogP contribution in [0.4, 0.5) is 0 Å². The summed E-state index contributed by atoms with van der Waals surface area (Å²) in [6, 6.07) is 9.79. The lowest BCUT2D eigenvalue weighted by Crippen LogP contribution is -2.28. The van der Waals surface area contributed by atoms with Crippen molar-refractivity contribution in [2.75, 3.05) is 13.1 Å². The molecule has 4 rings (SSSR count). The van der Waals surface area contributed by atoms with Crippen LogP contribution >= 0.6 is 0 Å². The highest BCUT2D eigenvalue weighted by molar-refractivity contribution is 5.98. The number of nitrogens with one attached hydrogen (secondary N) is 3. The number of aromatic amines is 2. The normalized spacial score (nSPS) is 17.0. The zero-order valence-electron chi connectivity index (χ0n) is 14.6. The van der Waals surface area contributed by atoms with Gasteiger partial charge in [-0.25, -0.2) is 4.98 Å². The molecular formula is C19H21N5O2. The summed E-state index contributed by atoms with van der Waals surface area (Å²) in [5.41, 5.74) is 2.47. The average molecular weight is 351 g/mol. The molecule has 1 aliphatic heterocycles. The number of nitrogens with zero attached hydrogens (tertiary/aromatic N) is 2. The van der Waals surface area contributed by atoms with Crippen molar-refractivity contribution >= 4 is 22.7 Å². The van der Waals surface area contributed by atoms with Crippen molar-refractivity contribution in [3.8, 4) is 0 Å². The van der Waals surface area contributed by atoms with Gasteiger partial charge >= 0.3 is 0 Å². The summed E-state index contributed by atoms with van der Waals surface area (Å²) in [6.07, 6.45) is 2.62. The predicted molar refractivity (Wildman–Crippen MR) is 97.7 cm³/mol. The molecular weight excluding hydrogens is 330 g/mol. The van der Waals surface area contributed by atoms with Crippen molar-refractivity contribution in [3.63, 3.8) is 0 Å². The SMILES string of the molecule is CC(=O)NCc1cnc(C2CCN(C(=O)c3cc4ccccc4[nH]3)C2)[nH]1. The van der Waals surface area contributed by atoms with E-state index in [1.807, 2.05) is 35.2 Å². The quantitative estimate of drug-likeness (QED) is 0.672. The Kier molecular flexibility index (Phi) is 4.20. The molecule has 7 nitrogen and oxygen atoms in total. The van der Waals surface area contributed by atoms with E-state index < -0.39 is 0 Å². The summed E-state index contributed by atoms with van der Waals surface area (Å²) < 4.78 is 0. The molecule has 1 aliphatic rings. The number of H-pyrrole nitrogens is 2. The van der Waals surface area contributed by atoms with Crippen LogP contribution < -0.4 is 5.32 Å². The maximum Gasteiger partial charge on any atom is 0.270 e. The van der Waals surface area contributed by atoms with Crippen LogP contribution in [0.25, 0.3) is 10.9 Å². The predicted octanol–water partition coefficient (Wildman–Crippen LogP) is 2.16. The second kappa shape index (κ2) is 6.67. The Balaban J connectivity index is 1.43. The van der Waals surface area contributed by atoms with Crippen molar-refractivity contribution in [2.45, 2.75) is 25.8 Å². The van der Waals surface area contributed by atoms with Gasteiger partial charge in [0, 0.05) is 36.8 Å². The fourth-order valence-corrected chi connectivity index (χ4v) is 3.42. The molecule has 1 fully saturated rings. The van der Waals surface area contributed by atoms with Gasteiger partial charge < -0.3 is 20.2 Å². The highest BCUT2D eigenvalue weighted by atomic mass is 16.2. The number of hydrogen-bond acceptors (Lipinski definition) is 3. The number of imidazole rings is 1. The summed E-state index contributed by atoms with van der Waals surface area (Å²) in [7, 11) is 0. The van der Waals surface area contributed by atoms with Crippen LogP contribution in [0.1, 0.15) is 41.3 Å². The van der Waals surface area contributed by atoms with Gasteiger partial charge in [-0.15, -0.1) is 0 Å². The van der Waals surface area contributed by atoms with Gasteiger partial charge in [-0.1, -0.05) is 18.2 Å². The standard InChI is InChI=1S/C19H21N5O2/c1-12(25)20-9-15-10-21-18(22-15)14-6-7-24(11-14)19(26)17-8-13-4-2-3-5-16(13)23-17/h2-5,8,10,14,23H,6-7,9,11H2,1H3,(H,20,25)(H,21,22). The minimum Gasteiger partial charge on any atom is -0.351 e. The zero-order chi connectivity index (χ0) is 18.1. The van der Waals surface area contributed by atoms with E-state index in [1.165, 1.54) is 6.92 Å². The van der Waals surface area contributed by atoms with Gasteiger partial charge in [-0.3, -0.25) is 9.59 Å². The fourth-order valence-electron chi connectivity index (χ4n) is 3.42. The van der Waals surface area contributed by atoms with Gasteiger partial charge in [0.05, 0.1) is 18.4 Å². The lowest BCUT2D eigenvalue weighted by Gasteiger charge is -2.15.